The van der Waals surface area contributed by atoms with Gasteiger partial charge in [-0.25, -0.2) is 0 Å². The van der Waals surface area contributed by atoms with Crippen LogP contribution in [0.1, 0.15) is 139 Å². The third-order valence-electron chi connectivity index (χ3n) is 18.0. The Bertz CT molecular complexity index is 2000. The second-order valence-corrected chi connectivity index (χ2v) is 23.5. The number of carbonyl (C=O) groups excluding carboxylic acids is 2. The monoisotopic (exact) mass is 1020 g/mol. The Morgan fingerprint density at radius 1 is 0.767 bits per heavy atom. The summed E-state index contributed by atoms with van der Waals surface area (Å²) in [5.74, 6) is -5.83. The maximum absolute atomic E-state index is 14.6. The first-order valence-corrected chi connectivity index (χ1v) is 27.9. The minimum absolute atomic E-state index is 0.105. The van der Waals surface area contributed by atoms with Crippen LogP contribution in [0.5, 0.6) is 0 Å². The normalized spacial score (nSPS) is 43.2. The summed E-state index contributed by atoms with van der Waals surface area (Å²) in [6, 6.07) is -0.780. The van der Waals surface area contributed by atoms with Crippen molar-refractivity contribution in [2.45, 2.75) is 212 Å². The van der Waals surface area contributed by atoms with E-state index >= 15 is 0 Å². The maximum Gasteiger partial charge on any atom is 0.296 e. The van der Waals surface area contributed by atoms with Gasteiger partial charge in [0.1, 0.15) is 6.10 Å². The van der Waals surface area contributed by atoms with E-state index in [-0.39, 0.29) is 72.5 Å². The van der Waals surface area contributed by atoms with Gasteiger partial charge in [0.25, 0.3) is 11.7 Å². The van der Waals surface area contributed by atoms with Gasteiger partial charge in [-0.15, -0.1) is 0 Å². The summed E-state index contributed by atoms with van der Waals surface area (Å²) < 4.78 is 24.6. The molecule has 412 valence electrons. The van der Waals surface area contributed by atoms with Crippen molar-refractivity contribution in [3.05, 3.63) is 71.5 Å². The molecule has 0 aromatic rings. The van der Waals surface area contributed by atoms with Crippen molar-refractivity contribution < 1.29 is 59.2 Å². The smallest absolute Gasteiger partial charge is 0.296 e. The van der Waals surface area contributed by atoms with Gasteiger partial charge in [-0.3, -0.25) is 9.59 Å². The van der Waals surface area contributed by atoms with Gasteiger partial charge in [0.2, 0.25) is 5.79 Å². The SMILES string of the molecule is CO[C@H]1[C@@H](O)[C@H](C)C[C@H](C)/C=C/C=CC=C(C)[C@@H](C2=CNC3C(C)=CC=CC23)C[C@@H]2CC[C@@H](C)[C@@](O)(O2)C(=O)C(=O)N2CCCC[C@H]2C(O)O[C@H]([C@H](C)C[C@@H]2CC[C@@H](O)[C@H](OC)C2)C[C@H](O)[C@H](C)CC(C)[C@H]1O. The fourth-order valence-corrected chi connectivity index (χ4v) is 13.1. The van der Waals surface area contributed by atoms with Crippen molar-refractivity contribution in [1.82, 2.24) is 10.2 Å². The van der Waals surface area contributed by atoms with Gasteiger partial charge in [0.15, 0.2) is 6.29 Å². The van der Waals surface area contributed by atoms with Crippen molar-refractivity contribution in [3.63, 3.8) is 0 Å². The predicted molar refractivity (Wildman–Crippen MR) is 282 cm³/mol. The van der Waals surface area contributed by atoms with E-state index in [4.69, 9.17) is 18.9 Å². The molecule has 2 aliphatic carbocycles. The topological polar surface area (TPSA) is 208 Å². The largest absolute Gasteiger partial charge is 0.393 e. The maximum atomic E-state index is 14.6. The highest BCUT2D eigenvalue weighted by atomic mass is 16.6. The standard InChI is InChI=1S/C59H94N2O12/c1-34-17-12-11-13-18-35(2)45(46-33-60-52-36(3)19-16-20-44(46)52)31-43-24-22-41(8)59(69,73-43)56(66)57(67)61-26-15-14-21-47(61)58(68)72-50(38(5)29-42-23-25-48(62)51(30-42)70-9)32-49(63)37(4)28-40(7)54(65)55(71-10)53(64)39(6)27-34/h11-13,16-20,33-34,37-45,47-55,58,60,62-65,68-69H,14-15,21-32H2,1-10H3/b13-11?,17-12+,35-18?/t34-,37-,38-,39-,40?,41-,42+,43+,44?,45+,47+,48-,49+,50+,51-,52?,53+,54-,55+,58?,59-/m1/s1. The molecule has 0 aromatic carbocycles. The number of rotatable bonds is 6. The molecule has 6 aliphatic rings. The van der Waals surface area contributed by atoms with Crippen LogP contribution in [-0.2, 0) is 28.5 Å². The lowest BCUT2D eigenvalue weighted by Gasteiger charge is -2.44. The van der Waals surface area contributed by atoms with Crippen LogP contribution in [0.15, 0.2) is 71.5 Å². The molecule has 14 heteroatoms. The number of piperidine rings is 1. The van der Waals surface area contributed by atoms with Crippen LogP contribution in [0, 0.1) is 53.3 Å². The van der Waals surface area contributed by atoms with Crippen LogP contribution < -0.4 is 5.32 Å². The Balaban J connectivity index is 1.32. The Morgan fingerprint density at radius 2 is 1.48 bits per heavy atom. The molecule has 1 saturated carbocycles. The molecular weight excluding hydrogens is 929 g/mol. The van der Waals surface area contributed by atoms with Crippen LogP contribution in [-0.4, -0.2) is 141 Å². The number of nitrogens with one attached hydrogen (secondary N) is 1. The summed E-state index contributed by atoms with van der Waals surface area (Å²) in [4.78, 5) is 30.6. The first-order chi connectivity index (χ1) is 34.7. The molecule has 2 bridgehead atoms. The number of aliphatic hydroxyl groups excluding tert-OH is 5. The number of amides is 1. The van der Waals surface area contributed by atoms with E-state index < -0.39 is 78.5 Å². The lowest BCUT2D eigenvalue weighted by molar-refractivity contribution is -0.265. The van der Waals surface area contributed by atoms with Gasteiger partial charge < -0.3 is 59.8 Å². The predicted octanol–water partition coefficient (Wildman–Crippen LogP) is 7.23. The number of ether oxygens (including phenoxy) is 4. The Labute approximate surface area is 437 Å². The minimum Gasteiger partial charge on any atom is -0.393 e. The summed E-state index contributed by atoms with van der Waals surface area (Å²) in [5.41, 5.74) is 3.49. The molecule has 4 aliphatic heterocycles. The number of fused-ring (bicyclic) bond motifs is 4. The molecule has 0 radical (unpaired) electrons. The molecule has 0 spiro atoms. The van der Waals surface area contributed by atoms with E-state index in [9.17, 15) is 40.2 Å². The molecule has 1 amide bonds. The zero-order valence-electron chi connectivity index (χ0n) is 45.7. The number of methoxy groups -OCH3 is 2. The summed E-state index contributed by atoms with van der Waals surface area (Å²) in [7, 11) is 3.11. The van der Waals surface area contributed by atoms with E-state index in [0.29, 0.717) is 70.6 Å². The number of aliphatic hydroxyl groups is 6. The number of allylic oxidation sites excluding steroid dienone is 8. The van der Waals surface area contributed by atoms with Gasteiger partial charge in [-0.05, 0) is 138 Å². The van der Waals surface area contributed by atoms with Gasteiger partial charge in [-0.2, -0.15) is 0 Å². The van der Waals surface area contributed by atoms with Gasteiger partial charge in [0.05, 0.1) is 54.8 Å². The molecular formula is C59H94N2O12. The molecule has 4 heterocycles. The molecule has 0 aromatic heterocycles. The zero-order chi connectivity index (χ0) is 53.3. The third-order valence-corrected chi connectivity index (χ3v) is 18.0. The number of hydrogen-bond donors (Lipinski definition) is 7. The molecule has 3 fully saturated rings. The number of ketones is 1. The van der Waals surface area contributed by atoms with Crippen molar-refractivity contribution in [3.8, 4) is 0 Å². The third kappa shape index (κ3) is 14.5. The summed E-state index contributed by atoms with van der Waals surface area (Å²) >= 11 is 0. The fraction of sp³-hybridized carbons (Fsp3) is 0.763. The summed E-state index contributed by atoms with van der Waals surface area (Å²) in [5, 5.41) is 74.0. The van der Waals surface area contributed by atoms with Crippen molar-refractivity contribution in [2.24, 2.45) is 53.3 Å². The highest BCUT2D eigenvalue weighted by molar-refractivity contribution is 6.38. The Kier molecular flexibility index (Phi) is 21.8. The quantitative estimate of drug-likeness (QED) is 0.131. The summed E-state index contributed by atoms with van der Waals surface area (Å²) in [6.07, 6.45) is 18.5. The first kappa shape index (κ1) is 59.2. The van der Waals surface area contributed by atoms with E-state index in [1.54, 1.807) is 14.0 Å². The Hall–Kier alpha value is -3.02. The van der Waals surface area contributed by atoms with Crippen LogP contribution >= 0.6 is 0 Å². The second kappa shape index (κ2) is 26.8. The second-order valence-electron chi connectivity index (χ2n) is 23.5. The van der Waals surface area contributed by atoms with Crippen LogP contribution in [0.2, 0.25) is 0 Å². The van der Waals surface area contributed by atoms with Crippen molar-refractivity contribution in [1.29, 1.82) is 0 Å². The first-order valence-electron chi connectivity index (χ1n) is 27.9. The number of Topliss-reactive ketones (excluding diaryl/α,β-unsaturated/α-hetero) is 1. The molecule has 21 atom stereocenters. The molecule has 14 nitrogen and oxygen atoms in total. The molecule has 6 rings (SSSR count). The minimum atomic E-state index is -2.39. The van der Waals surface area contributed by atoms with Crippen LogP contribution in [0.25, 0.3) is 0 Å². The number of nitrogens with zero attached hydrogens (tertiary/aromatic N) is 1. The van der Waals surface area contributed by atoms with Gasteiger partial charge in [0, 0.05) is 44.9 Å². The van der Waals surface area contributed by atoms with Crippen LogP contribution in [0.3, 0.4) is 0 Å². The van der Waals surface area contributed by atoms with E-state index in [0.717, 1.165) is 12.0 Å². The highest BCUT2D eigenvalue weighted by Gasteiger charge is 2.53. The van der Waals surface area contributed by atoms with E-state index in [1.165, 1.54) is 23.2 Å². The van der Waals surface area contributed by atoms with Gasteiger partial charge >= 0.3 is 0 Å². The Morgan fingerprint density at radius 3 is 2.19 bits per heavy atom. The number of hydrogen-bond acceptors (Lipinski definition) is 13. The highest BCUT2D eigenvalue weighted by Crippen LogP contribution is 2.43. The molecule has 2 saturated heterocycles. The average Bonchev–Trinajstić information content (AvgIpc) is 3.81. The summed E-state index contributed by atoms with van der Waals surface area (Å²) in [6.45, 7) is 16.1. The van der Waals surface area contributed by atoms with E-state index in [2.05, 4.69) is 62.7 Å². The zero-order valence-corrected chi connectivity index (χ0v) is 45.7. The molecule has 7 N–H and O–H groups in total. The lowest BCUT2D eigenvalue weighted by Crippen LogP contribution is -2.61. The lowest BCUT2D eigenvalue weighted by atomic mass is 9.75. The van der Waals surface area contributed by atoms with E-state index in [1.807, 2.05) is 45.9 Å². The number of carbonyl (C=O) groups is 2. The van der Waals surface area contributed by atoms with Crippen molar-refractivity contribution >= 4 is 11.7 Å². The molecule has 73 heavy (non-hydrogen) atoms. The van der Waals surface area contributed by atoms with Crippen molar-refractivity contribution in [2.75, 3.05) is 20.8 Å². The van der Waals surface area contributed by atoms with Crippen LogP contribution in [0.4, 0.5) is 0 Å². The fourth-order valence-electron chi connectivity index (χ4n) is 13.1. The average molecular weight is 1020 g/mol. The molecule has 4 unspecified atom stereocenters. The van der Waals surface area contributed by atoms with Gasteiger partial charge in [-0.1, -0.05) is 101 Å².